The number of nitrogens with one attached hydrogen (secondary N) is 1. The lowest BCUT2D eigenvalue weighted by molar-refractivity contribution is -0.132. The number of hydrogen-bond acceptors (Lipinski definition) is 4. The van der Waals surface area contributed by atoms with E-state index in [-0.39, 0.29) is 18.1 Å². The van der Waals surface area contributed by atoms with Gasteiger partial charge in [0.25, 0.3) is 5.91 Å². The van der Waals surface area contributed by atoms with Crippen LogP contribution >= 0.6 is 0 Å². The van der Waals surface area contributed by atoms with Crippen LogP contribution in [0.3, 0.4) is 0 Å². The highest BCUT2D eigenvalue weighted by Crippen LogP contribution is 2.26. The SMILES string of the molecule is NNC(=O)C1CCC(CN2Cc3ccccc3C2)O1. The van der Waals surface area contributed by atoms with E-state index in [0.29, 0.717) is 0 Å². The van der Waals surface area contributed by atoms with Gasteiger partial charge in [-0.2, -0.15) is 0 Å². The molecule has 5 heteroatoms. The number of nitrogens with zero attached hydrogens (tertiary/aromatic N) is 1. The van der Waals surface area contributed by atoms with E-state index in [9.17, 15) is 4.79 Å². The van der Waals surface area contributed by atoms with Gasteiger partial charge >= 0.3 is 0 Å². The third-order valence-electron chi connectivity index (χ3n) is 3.91. The molecule has 2 aliphatic rings. The van der Waals surface area contributed by atoms with Crippen molar-refractivity contribution in [2.45, 2.75) is 38.1 Å². The van der Waals surface area contributed by atoms with Gasteiger partial charge in [-0.25, -0.2) is 5.84 Å². The Hall–Kier alpha value is -1.43. The molecule has 1 saturated heterocycles. The van der Waals surface area contributed by atoms with Crippen LogP contribution in [0.4, 0.5) is 0 Å². The first-order valence-corrected chi connectivity index (χ1v) is 6.71. The highest BCUT2D eigenvalue weighted by molar-refractivity contribution is 5.80. The van der Waals surface area contributed by atoms with Gasteiger partial charge in [-0.3, -0.25) is 15.1 Å². The number of carbonyl (C=O) groups is 1. The fourth-order valence-corrected chi connectivity index (χ4v) is 2.95. The molecule has 1 aromatic carbocycles. The van der Waals surface area contributed by atoms with Gasteiger partial charge in [0.2, 0.25) is 0 Å². The number of carbonyl (C=O) groups excluding carboxylic acids is 1. The van der Waals surface area contributed by atoms with E-state index in [0.717, 1.165) is 32.5 Å². The third-order valence-corrected chi connectivity index (χ3v) is 3.91. The number of benzene rings is 1. The minimum absolute atomic E-state index is 0.136. The number of nitrogens with two attached hydrogens (primary N) is 1. The van der Waals surface area contributed by atoms with E-state index in [4.69, 9.17) is 10.6 Å². The number of hydrazine groups is 1. The molecule has 1 aromatic rings. The predicted molar refractivity (Wildman–Crippen MR) is 70.8 cm³/mol. The molecule has 19 heavy (non-hydrogen) atoms. The van der Waals surface area contributed by atoms with Gasteiger partial charge in [-0.15, -0.1) is 0 Å². The van der Waals surface area contributed by atoms with Crippen LogP contribution in [0.2, 0.25) is 0 Å². The van der Waals surface area contributed by atoms with Gasteiger partial charge in [0, 0.05) is 19.6 Å². The van der Waals surface area contributed by atoms with Crippen LogP contribution in [-0.4, -0.2) is 29.6 Å². The number of rotatable bonds is 3. The lowest BCUT2D eigenvalue weighted by Crippen LogP contribution is -2.39. The second kappa shape index (κ2) is 5.28. The molecule has 102 valence electrons. The molecule has 1 fully saturated rings. The first-order chi connectivity index (χ1) is 9.26. The molecule has 0 saturated carbocycles. The molecule has 0 radical (unpaired) electrons. The summed E-state index contributed by atoms with van der Waals surface area (Å²) in [6.07, 6.45) is 1.44. The van der Waals surface area contributed by atoms with Crippen molar-refractivity contribution in [2.75, 3.05) is 6.54 Å². The Morgan fingerprint density at radius 2 is 2.00 bits per heavy atom. The molecule has 0 spiro atoms. The summed E-state index contributed by atoms with van der Waals surface area (Å²) in [5.74, 6) is 4.91. The van der Waals surface area contributed by atoms with Crippen LogP contribution < -0.4 is 11.3 Å². The summed E-state index contributed by atoms with van der Waals surface area (Å²) in [5, 5.41) is 0. The smallest absolute Gasteiger partial charge is 0.263 e. The average molecular weight is 261 g/mol. The van der Waals surface area contributed by atoms with Crippen LogP contribution in [0.15, 0.2) is 24.3 Å². The minimum atomic E-state index is -0.375. The minimum Gasteiger partial charge on any atom is -0.364 e. The highest BCUT2D eigenvalue weighted by atomic mass is 16.5. The Kier molecular flexibility index (Phi) is 3.50. The highest BCUT2D eigenvalue weighted by Gasteiger charge is 2.32. The van der Waals surface area contributed by atoms with E-state index < -0.39 is 0 Å². The molecule has 3 rings (SSSR count). The van der Waals surface area contributed by atoms with Crippen LogP contribution in [0, 0.1) is 0 Å². The molecule has 5 nitrogen and oxygen atoms in total. The van der Waals surface area contributed by atoms with Crippen molar-refractivity contribution < 1.29 is 9.53 Å². The molecule has 0 aliphatic carbocycles. The molecule has 2 unspecified atom stereocenters. The van der Waals surface area contributed by atoms with Crippen molar-refractivity contribution in [1.29, 1.82) is 0 Å². The van der Waals surface area contributed by atoms with Gasteiger partial charge in [-0.1, -0.05) is 24.3 Å². The maximum Gasteiger partial charge on any atom is 0.263 e. The summed E-state index contributed by atoms with van der Waals surface area (Å²) >= 11 is 0. The molecule has 1 amide bonds. The summed E-state index contributed by atoms with van der Waals surface area (Å²) in [6, 6.07) is 8.51. The standard InChI is InChI=1S/C14H19N3O2/c15-16-14(18)13-6-5-12(19-13)9-17-7-10-3-1-2-4-11(10)8-17/h1-4,12-13H,5-9,15H2,(H,16,18). The zero-order valence-corrected chi connectivity index (χ0v) is 10.8. The lowest BCUT2D eigenvalue weighted by Gasteiger charge is -2.20. The Bertz CT molecular complexity index is 453. The Morgan fingerprint density at radius 1 is 1.32 bits per heavy atom. The monoisotopic (exact) mass is 261 g/mol. The Balaban J connectivity index is 1.53. The van der Waals surface area contributed by atoms with Crippen molar-refractivity contribution in [3.8, 4) is 0 Å². The van der Waals surface area contributed by atoms with Crippen molar-refractivity contribution in [3.05, 3.63) is 35.4 Å². The molecule has 0 bridgehead atoms. The Morgan fingerprint density at radius 3 is 2.63 bits per heavy atom. The van der Waals surface area contributed by atoms with Crippen molar-refractivity contribution in [3.63, 3.8) is 0 Å². The van der Waals surface area contributed by atoms with E-state index in [1.165, 1.54) is 11.1 Å². The Labute approximate surface area is 112 Å². The molecule has 0 aromatic heterocycles. The van der Waals surface area contributed by atoms with E-state index in [1.807, 2.05) is 0 Å². The van der Waals surface area contributed by atoms with E-state index >= 15 is 0 Å². The van der Waals surface area contributed by atoms with Crippen molar-refractivity contribution >= 4 is 5.91 Å². The van der Waals surface area contributed by atoms with Gasteiger partial charge in [0.1, 0.15) is 6.10 Å². The zero-order chi connectivity index (χ0) is 13.2. The third kappa shape index (κ3) is 2.63. The van der Waals surface area contributed by atoms with Crippen LogP contribution in [0.25, 0.3) is 0 Å². The molecule has 2 aliphatic heterocycles. The molecule has 2 atom stereocenters. The number of amides is 1. The van der Waals surface area contributed by atoms with Gasteiger partial charge < -0.3 is 4.74 Å². The first kappa shape index (κ1) is 12.6. The maximum atomic E-state index is 11.4. The summed E-state index contributed by atoms with van der Waals surface area (Å²) in [4.78, 5) is 13.8. The predicted octanol–water partition coefficient (Wildman–Crippen LogP) is 0.540. The average Bonchev–Trinajstić information content (AvgIpc) is 3.04. The molecule has 2 heterocycles. The second-order valence-electron chi connectivity index (χ2n) is 5.27. The quantitative estimate of drug-likeness (QED) is 0.473. The number of fused-ring (bicyclic) bond motifs is 1. The largest absolute Gasteiger partial charge is 0.364 e. The molecular weight excluding hydrogens is 242 g/mol. The van der Waals surface area contributed by atoms with Crippen LogP contribution in [0.5, 0.6) is 0 Å². The zero-order valence-electron chi connectivity index (χ0n) is 10.8. The molecular formula is C14H19N3O2. The van der Waals surface area contributed by atoms with E-state index in [1.54, 1.807) is 0 Å². The second-order valence-corrected chi connectivity index (χ2v) is 5.27. The van der Waals surface area contributed by atoms with Crippen molar-refractivity contribution in [1.82, 2.24) is 10.3 Å². The summed E-state index contributed by atoms with van der Waals surface area (Å²) < 4.78 is 5.74. The van der Waals surface area contributed by atoms with Crippen LogP contribution in [-0.2, 0) is 22.6 Å². The fraction of sp³-hybridized carbons (Fsp3) is 0.500. The first-order valence-electron chi connectivity index (χ1n) is 6.71. The van der Waals surface area contributed by atoms with Gasteiger partial charge in [-0.05, 0) is 24.0 Å². The fourth-order valence-electron chi connectivity index (χ4n) is 2.95. The summed E-state index contributed by atoms with van der Waals surface area (Å²) in [6.45, 7) is 2.83. The van der Waals surface area contributed by atoms with Crippen molar-refractivity contribution in [2.24, 2.45) is 5.84 Å². The normalized spacial score (nSPS) is 26.4. The van der Waals surface area contributed by atoms with E-state index in [2.05, 4.69) is 34.6 Å². The topological polar surface area (TPSA) is 67.6 Å². The van der Waals surface area contributed by atoms with Gasteiger partial charge in [0.05, 0.1) is 6.10 Å². The van der Waals surface area contributed by atoms with Crippen LogP contribution in [0.1, 0.15) is 24.0 Å². The summed E-state index contributed by atoms with van der Waals surface area (Å²) in [7, 11) is 0. The van der Waals surface area contributed by atoms with Gasteiger partial charge in [0.15, 0.2) is 0 Å². The molecule has 3 N–H and O–H groups in total. The number of hydrogen-bond donors (Lipinski definition) is 2. The number of ether oxygens (including phenoxy) is 1. The lowest BCUT2D eigenvalue weighted by atomic mass is 10.1. The maximum absolute atomic E-state index is 11.4. The summed E-state index contributed by atoms with van der Waals surface area (Å²) in [5.41, 5.74) is 4.96.